The summed E-state index contributed by atoms with van der Waals surface area (Å²) < 4.78 is 1.47. The van der Waals surface area contributed by atoms with E-state index in [-0.39, 0.29) is 0 Å². The van der Waals surface area contributed by atoms with Crippen molar-refractivity contribution in [1.29, 1.82) is 0 Å². The second kappa shape index (κ2) is 2.96. The average Bonchev–Trinajstić information content (AvgIpc) is 1.82. The maximum atomic E-state index is 2.24. The van der Waals surface area contributed by atoms with E-state index in [4.69, 9.17) is 0 Å². The first-order chi connectivity index (χ1) is 4.61. The van der Waals surface area contributed by atoms with Crippen LogP contribution >= 0.6 is 0 Å². The third kappa shape index (κ3) is 1.55. The molecule has 0 aliphatic rings. The summed E-state index contributed by atoms with van der Waals surface area (Å²) in [5.74, 6) is 0. The monoisotopic (exact) mass is 240 g/mol. The molecule has 0 heterocycles. The molecule has 1 aromatic carbocycles. The fraction of sp³-hybridized carbons (Fsp3) is 0.333. The van der Waals surface area contributed by atoms with E-state index in [1.165, 1.54) is 20.2 Å². The van der Waals surface area contributed by atoms with Crippen LogP contribution in [0.1, 0.15) is 16.7 Å². The van der Waals surface area contributed by atoms with Crippen LogP contribution < -0.4 is 3.51 Å². The van der Waals surface area contributed by atoms with Crippen LogP contribution in [0.4, 0.5) is 0 Å². The Morgan fingerprint density at radius 1 is 1.00 bits per heavy atom. The van der Waals surface area contributed by atoms with E-state index in [9.17, 15) is 0 Å². The van der Waals surface area contributed by atoms with Gasteiger partial charge in [-0.2, -0.15) is 0 Å². The molecule has 1 aromatic rings. The summed E-state index contributed by atoms with van der Waals surface area (Å²) in [6.45, 7) is 6.49. The van der Waals surface area contributed by atoms with Crippen LogP contribution in [0.3, 0.4) is 0 Å². The van der Waals surface area contributed by atoms with Gasteiger partial charge in [0.1, 0.15) is 0 Å². The molecule has 0 aliphatic heterocycles. The maximum absolute atomic E-state index is 2.24. The molecule has 52 valence electrons. The van der Waals surface area contributed by atoms with Crippen molar-refractivity contribution < 1.29 is 0 Å². The molecule has 0 fully saturated rings. The van der Waals surface area contributed by atoms with Gasteiger partial charge in [0.2, 0.25) is 0 Å². The minimum atomic E-state index is 1.37. The summed E-state index contributed by atoms with van der Waals surface area (Å²) in [7, 11) is 0. The molecule has 0 unspecified atom stereocenters. The summed E-state index contributed by atoms with van der Waals surface area (Å²) in [4.78, 5) is 0. The molecule has 0 spiro atoms. The Morgan fingerprint density at radius 3 is 1.80 bits per heavy atom. The minimum absolute atomic E-state index is 1.37. The van der Waals surface area contributed by atoms with E-state index in [0.29, 0.717) is 0 Å². The standard InChI is InChI=1S/C9H11.Sb/c1-7-4-8(2)6-9(3)5-7;/h4-5H,1-3H3;. The Hall–Kier alpha value is 0.0382. The first kappa shape index (κ1) is 8.14. The number of aryl methyl sites for hydroxylation is 3. The predicted molar refractivity (Wildman–Crippen MR) is 46.0 cm³/mol. The van der Waals surface area contributed by atoms with Crippen LogP contribution in [0.25, 0.3) is 0 Å². The van der Waals surface area contributed by atoms with Gasteiger partial charge in [-0.05, 0) is 0 Å². The van der Waals surface area contributed by atoms with Gasteiger partial charge in [0, 0.05) is 0 Å². The van der Waals surface area contributed by atoms with Crippen molar-refractivity contribution in [2.24, 2.45) is 0 Å². The quantitative estimate of drug-likeness (QED) is 0.602. The van der Waals surface area contributed by atoms with Crippen molar-refractivity contribution in [1.82, 2.24) is 0 Å². The van der Waals surface area contributed by atoms with E-state index in [1.807, 2.05) is 23.0 Å². The molecule has 1 rings (SSSR count). The SMILES string of the molecule is Cc1cc(C)[c]([Sb])c(C)c1. The number of rotatable bonds is 0. The van der Waals surface area contributed by atoms with Crippen molar-refractivity contribution in [3.8, 4) is 0 Å². The molecule has 1 heteroatoms. The second-order valence-corrected chi connectivity index (χ2v) is 4.02. The van der Waals surface area contributed by atoms with Crippen LogP contribution in [-0.4, -0.2) is 23.0 Å². The first-order valence-corrected chi connectivity index (χ1v) is 4.65. The third-order valence-corrected chi connectivity index (χ3v) is 3.65. The Morgan fingerprint density at radius 2 is 1.40 bits per heavy atom. The zero-order chi connectivity index (χ0) is 7.72. The molecule has 2 radical (unpaired) electrons. The van der Waals surface area contributed by atoms with Crippen LogP contribution in [0, 0.1) is 20.8 Å². The fourth-order valence-electron chi connectivity index (χ4n) is 1.17. The van der Waals surface area contributed by atoms with E-state index < -0.39 is 0 Å². The van der Waals surface area contributed by atoms with Crippen molar-refractivity contribution in [2.45, 2.75) is 20.8 Å². The third-order valence-electron chi connectivity index (χ3n) is 1.64. The number of hydrogen-bond acceptors (Lipinski definition) is 0. The Labute approximate surface area is 76.1 Å². The van der Waals surface area contributed by atoms with Gasteiger partial charge in [-0.3, -0.25) is 0 Å². The van der Waals surface area contributed by atoms with Gasteiger partial charge in [0.25, 0.3) is 0 Å². The van der Waals surface area contributed by atoms with E-state index in [2.05, 4.69) is 32.9 Å². The van der Waals surface area contributed by atoms with Crippen LogP contribution in [-0.2, 0) is 0 Å². The molecular weight excluding hydrogens is 230 g/mol. The summed E-state index contributed by atoms with van der Waals surface area (Å²) in [6, 6.07) is 4.47. The summed E-state index contributed by atoms with van der Waals surface area (Å²) in [5, 5.41) is 0. The van der Waals surface area contributed by atoms with E-state index in [1.54, 1.807) is 0 Å². The fourth-order valence-corrected chi connectivity index (χ4v) is 1.54. The molecule has 0 atom stereocenters. The van der Waals surface area contributed by atoms with E-state index in [0.717, 1.165) is 0 Å². The van der Waals surface area contributed by atoms with E-state index >= 15 is 0 Å². The molecule has 0 saturated heterocycles. The average molecular weight is 241 g/mol. The summed E-state index contributed by atoms with van der Waals surface area (Å²) in [6.07, 6.45) is 0. The molecule has 0 bridgehead atoms. The van der Waals surface area contributed by atoms with Crippen LogP contribution in [0.15, 0.2) is 12.1 Å². The normalized spacial score (nSPS) is 10.0. The van der Waals surface area contributed by atoms with Crippen molar-refractivity contribution in [3.05, 3.63) is 28.8 Å². The topological polar surface area (TPSA) is 0 Å². The predicted octanol–water partition coefficient (Wildman–Crippen LogP) is 1.41. The van der Waals surface area contributed by atoms with Crippen molar-refractivity contribution >= 4 is 26.5 Å². The second-order valence-electron chi connectivity index (χ2n) is 2.75. The van der Waals surface area contributed by atoms with Gasteiger partial charge in [0.05, 0.1) is 0 Å². The molecule has 0 amide bonds. The molecule has 10 heavy (non-hydrogen) atoms. The summed E-state index contributed by atoms with van der Waals surface area (Å²) in [5.41, 5.74) is 4.22. The Balaban J connectivity index is 3.31. The molecule has 0 aromatic heterocycles. The van der Waals surface area contributed by atoms with Crippen LogP contribution in [0.2, 0.25) is 0 Å². The van der Waals surface area contributed by atoms with Gasteiger partial charge in [0.15, 0.2) is 0 Å². The molecular formula is C9H11Sb. The van der Waals surface area contributed by atoms with Gasteiger partial charge < -0.3 is 0 Å². The first-order valence-electron chi connectivity index (χ1n) is 3.38. The van der Waals surface area contributed by atoms with Gasteiger partial charge >= 0.3 is 76.1 Å². The van der Waals surface area contributed by atoms with Gasteiger partial charge in [-0.25, -0.2) is 0 Å². The van der Waals surface area contributed by atoms with Gasteiger partial charge in [-0.1, -0.05) is 0 Å². The molecule has 0 saturated carbocycles. The number of benzene rings is 1. The van der Waals surface area contributed by atoms with Crippen molar-refractivity contribution in [2.75, 3.05) is 0 Å². The molecule has 0 N–H and O–H groups in total. The zero-order valence-electron chi connectivity index (χ0n) is 6.60. The molecule has 0 nitrogen and oxygen atoms in total. The van der Waals surface area contributed by atoms with Crippen molar-refractivity contribution in [3.63, 3.8) is 0 Å². The van der Waals surface area contributed by atoms with Gasteiger partial charge in [-0.15, -0.1) is 0 Å². The zero-order valence-corrected chi connectivity index (χ0v) is 9.15. The number of hydrogen-bond donors (Lipinski definition) is 0. The Bertz CT molecular complexity index is 228. The van der Waals surface area contributed by atoms with Crippen LogP contribution in [0.5, 0.6) is 0 Å². The summed E-state index contributed by atoms with van der Waals surface area (Å²) >= 11 is 1.81. The Kier molecular flexibility index (Phi) is 2.41. The molecule has 0 aliphatic carbocycles.